The summed E-state index contributed by atoms with van der Waals surface area (Å²) in [7, 11) is 5.41. The molecule has 0 spiro atoms. The molecular formula is C36H32N6O8. The molecule has 14 heteroatoms. The van der Waals surface area contributed by atoms with E-state index in [0.29, 0.717) is 44.8 Å². The first-order chi connectivity index (χ1) is 24.1. The van der Waals surface area contributed by atoms with Gasteiger partial charge in [0.1, 0.15) is 22.7 Å². The molecule has 14 nitrogen and oxygen atoms in total. The Kier molecular flexibility index (Phi) is 8.92. The highest BCUT2D eigenvalue weighted by molar-refractivity contribution is 6.04. The third-order valence-electron chi connectivity index (χ3n) is 8.38. The minimum absolute atomic E-state index is 0.136. The van der Waals surface area contributed by atoms with Gasteiger partial charge >= 0.3 is 11.9 Å². The first kappa shape index (κ1) is 33.2. The van der Waals surface area contributed by atoms with Gasteiger partial charge in [-0.1, -0.05) is 36.4 Å². The van der Waals surface area contributed by atoms with Crippen molar-refractivity contribution in [3.05, 3.63) is 95.1 Å². The Bertz CT molecular complexity index is 2180. The summed E-state index contributed by atoms with van der Waals surface area (Å²) in [4.78, 5) is 60.2. The number of ether oxygens (including phenoxy) is 4. The molecule has 0 atom stereocenters. The van der Waals surface area contributed by atoms with E-state index in [1.165, 1.54) is 28.4 Å². The molecule has 50 heavy (non-hydrogen) atoms. The van der Waals surface area contributed by atoms with E-state index in [9.17, 15) is 19.2 Å². The summed E-state index contributed by atoms with van der Waals surface area (Å²) in [5.74, 6) is -1.40. The first-order valence-corrected chi connectivity index (χ1v) is 15.2. The highest BCUT2D eigenvalue weighted by Gasteiger charge is 2.26. The number of hydrogen-bond acceptors (Lipinski definition) is 10. The van der Waals surface area contributed by atoms with Crippen LogP contribution in [0.3, 0.4) is 0 Å². The summed E-state index contributed by atoms with van der Waals surface area (Å²) in [6.45, 7) is 0.443. The lowest BCUT2D eigenvalue weighted by Crippen LogP contribution is -2.14. The average Bonchev–Trinajstić information content (AvgIpc) is 3.70. The molecular weight excluding hydrogens is 644 g/mol. The van der Waals surface area contributed by atoms with Crippen LogP contribution in [0.25, 0.3) is 44.8 Å². The van der Waals surface area contributed by atoms with Crippen molar-refractivity contribution in [2.45, 2.75) is 13.1 Å². The van der Waals surface area contributed by atoms with Crippen LogP contribution in [0, 0.1) is 0 Å². The Morgan fingerprint density at radius 2 is 0.940 bits per heavy atom. The smallest absolute Gasteiger partial charge is 0.338 e. The lowest BCUT2D eigenvalue weighted by atomic mass is 10.1. The molecule has 2 aromatic heterocycles. The molecule has 0 aliphatic rings. The number of benzene rings is 4. The molecule has 0 bridgehead atoms. The SMILES string of the molecule is COC(=O)c1ccccc1-c1nc2c(OC)c(C(N)=O)ccc2n1CCn1c(-c2ccccc2C(=O)OC)nc2c(OC)c(C(N)=O)ccc21. The molecule has 0 aliphatic heterocycles. The van der Waals surface area contributed by atoms with Gasteiger partial charge in [0.25, 0.3) is 11.8 Å². The van der Waals surface area contributed by atoms with E-state index in [0.717, 1.165) is 0 Å². The normalized spacial score (nSPS) is 11.0. The number of primary amides is 2. The molecule has 254 valence electrons. The zero-order valence-corrected chi connectivity index (χ0v) is 27.6. The van der Waals surface area contributed by atoms with Crippen molar-refractivity contribution in [1.29, 1.82) is 0 Å². The maximum absolute atomic E-state index is 12.9. The van der Waals surface area contributed by atoms with Gasteiger partial charge in [0.05, 0.1) is 61.7 Å². The predicted molar refractivity (Wildman–Crippen MR) is 183 cm³/mol. The van der Waals surface area contributed by atoms with Gasteiger partial charge in [-0.25, -0.2) is 19.6 Å². The number of esters is 2. The number of rotatable bonds is 11. The summed E-state index contributed by atoms with van der Waals surface area (Å²) < 4.78 is 25.2. The second-order valence-corrected chi connectivity index (χ2v) is 11.0. The van der Waals surface area contributed by atoms with Crippen LogP contribution < -0.4 is 20.9 Å². The van der Waals surface area contributed by atoms with Crippen molar-refractivity contribution in [1.82, 2.24) is 19.1 Å². The van der Waals surface area contributed by atoms with E-state index >= 15 is 0 Å². The Balaban J connectivity index is 1.61. The van der Waals surface area contributed by atoms with Crippen LogP contribution in [-0.2, 0) is 22.6 Å². The highest BCUT2D eigenvalue weighted by Crippen LogP contribution is 2.37. The molecule has 6 aromatic rings. The van der Waals surface area contributed by atoms with Gasteiger partial charge in [-0.2, -0.15) is 0 Å². The van der Waals surface area contributed by atoms with E-state index in [1.54, 1.807) is 72.8 Å². The standard InChI is InChI=1S/C36H32N6O8/c1-47-29-23(31(37)43)13-15-25-27(29)39-33(19-9-5-7-11-21(19)35(45)49-3)41(25)17-18-42-26-16-14-24(32(38)44)30(48-2)28(26)40-34(42)20-10-6-8-12-22(20)36(46)50-4/h5-16H,17-18H2,1-4H3,(H2,37,43)(H2,38,44). The molecule has 0 saturated heterocycles. The van der Waals surface area contributed by atoms with Crippen LogP contribution in [0.15, 0.2) is 72.8 Å². The van der Waals surface area contributed by atoms with Crippen molar-refractivity contribution in [2.75, 3.05) is 28.4 Å². The number of aryl methyl sites for hydroxylation is 2. The van der Waals surface area contributed by atoms with Crippen molar-refractivity contribution >= 4 is 45.8 Å². The number of imidazole rings is 2. The summed E-state index contributed by atoms with van der Waals surface area (Å²) in [5.41, 5.74) is 14.9. The van der Waals surface area contributed by atoms with Crippen LogP contribution in [0.1, 0.15) is 41.4 Å². The predicted octanol–water partition coefficient (Wildman–Crippen LogP) is 4.21. The topological polar surface area (TPSA) is 193 Å². The zero-order valence-electron chi connectivity index (χ0n) is 27.6. The van der Waals surface area contributed by atoms with Crippen LogP contribution in [0.5, 0.6) is 11.5 Å². The highest BCUT2D eigenvalue weighted by atomic mass is 16.5. The van der Waals surface area contributed by atoms with Gasteiger partial charge in [-0.05, 0) is 36.4 Å². The van der Waals surface area contributed by atoms with Gasteiger partial charge in [-0.3, -0.25) is 9.59 Å². The number of nitrogens with two attached hydrogens (primary N) is 2. The largest absolute Gasteiger partial charge is 0.494 e. The van der Waals surface area contributed by atoms with Gasteiger partial charge in [0.15, 0.2) is 11.5 Å². The zero-order chi connectivity index (χ0) is 35.7. The Labute approximate surface area is 285 Å². The van der Waals surface area contributed by atoms with Crippen LogP contribution >= 0.6 is 0 Å². The number of nitrogens with zero attached hydrogens (tertiary/aromatic N) is 4. The van der Waals surface area contributed by atoms with E-state index in [-0.39, 0.29) is 46.8 Å². The Morgan fingerprint density at radius 3 is 1.28 bits per heavy atom. The molecule has 2 heterocycles. The fourth-order valence-corrected chi connectivity index (χ4v) is 6.13. The molecule has 6 rings (SSSR count). The molecule has 4 aromatic carbocycles. The fraction of sp³-hybridized carbons (Fsp3) is 0.167. The second kappa shape index (κ2) is 13.4. The summed E-state index contributed by atoms with van der Waals surface area (Å²) in [5, 5.41) is 0. The van der Waals surface area contributed by atoms with Crippen LogP contribution in [0.2, 0.25) is 0 Å². The van der Waals surface area contributed by atoms with Gasteiger partial charge in [-0.15, -0.1) is 0 Å². The summed E-state index contributed by atoms with van der Waals surface area (Å²) >= 11 is 0. The number of aromatic nitrogens is 4. The molecule has 0 aliphatic carbocycles. The lowest BCUT2D eigenvalue weighted by Gasteiger charge is -2.16. The Hall–Kier alpha value is -6.70. The van der Waals surface area contributed by atoms with Crippen LogP contribution in [0.4, 0.5) is 0 Å². The molecule has 0 saturated carbocycles. The van der Waals surface area contributed by atoms with Gasteiger partial charge in [0, 0.05) is 24.2 Å². The molecule has 4 N–H and O–H groups in total. The van der Waals surface area contributed by atoms with E-state index in [2.05, 4.69) is 0 Å². The average molecular weight is 677 g/mol. The maximum atomic E-state index is 12.9. The minimum atomic E-state index is -0.696. The van der Waals surface area contributed by atoms with Crippen LogP contribution in [-0.4, -0.2) is 71.3 Å². The number of fused-ring (bicyclic) bond motifs is 2. The van der Waals surface area contributed by atoms with Crippen molar-refractivity contribution in [2.24, 2.45) is 11.5 Å². The lowest BCUT2D eigenvalue weighted by molar-refractivity contribution is 0.0592. The molecule has 0 fully saturated rings. The molecule has 0 unspecified atom stereocenters. The number of carbonyl (C=O) groups excluding carboxylic acids is 4. The summed E-state index contributed by atoms with van der Waals surface area (Å²) in [6.07, 6.45) is 0. The van der Waals surface area contributed by atoms with Gasteiger partial charge in [0.2, 0.25) is 0 Å². The molecule has 2 amide bonds. The number of hydrogen-bond donors (Lipinski definition) is 2. The first-order valence-electron chi connectivity index (χ1n) is 15.2. The van der Waals surface area contributed by atoms with E-state index < -0.39 is 23.8 Å². The van der Waals surface area contributed by atoms with Crippen molar-refractivity contribution in [3.8, 4) is 34.3 Å². The van der Waals surface area contributed by atoms with Gasteiger partial charge < -0.3 is 39.5 Å². The second-order valence-electron chi connectivity index (χ2n) is 11.0. The monoisotopic (exact) mass is 676 g/mol. The quantitative estimate of drug-likeness (QED) is 0.188. The number of amides is 2. The number of carbonyl (C=O) groups is 4. The van der Waals surface area contributed by atoms with Crippen molar-refractivity contribution in [3.63, 3.8) is 0 Å². The number of methoxy groups -OCH3 is 4. The minimum Gasteiger partial charge on any atom is -0.494 e. The summed E-state index contributed by atoms with van der Waals surface area (Å²) in [6, 6.07) is 20.2. The van der Waals surface area contributed by atoms with E-state index in [4.69, 9.17) is 40.4 Å². The third-order valence-corrected chi connectivity index (χ3v) is 8.38. The Morgan fingerprint density at radius 1 is 0.560 bits per heavy atom. The third kappa shape index (κ3) is 5.51. The maximum Gasteiger partial charge on any atom is 0.338 e. The molecule has 0 radical (unpaired) electrons. The van der Waals surface area contributed by atoms with Crippen molar-refractivity contribution < 1.29 is 38.1 Å². The fourth-order valence-electron chi connectivity index (χ4n) is 6.13. The van der Waals surface area contributed by atoms with E-state index in [1.807, 2.05) is 9.13 Å².